The van der Waals surface area contributed by atoms with Gasteiger partial charge in [0.1, 0.15) is 5.69 Å². The number of methoxy groups -OCH3 is 1. The van der Waals surface area contributed by atoms with E-state index in [1.807, 2.05) is 12.1 Å². The Morgan fingerprint density at radius 1 is 1.03 bits per heavy atom. The van der Waals surface area contributed by atoms with Gasteiger partial charge in [-0.15, -0.1) is 0 Å². The number of hydrogen-bond acceptors (Lipinski definition) is 4. The SMILES string of the molecule is COc1ccc(N2CCN(C(=O)c3cc4cc(C(C)=O)ccc4[nH]3)CC2)cc1F. The molecular weight excluding hydrogens is 373 g/mol. The summed E-state index contributed by atoms with van der Waals surface area (Å²) in [6.45, 7) is 3.84. The van der Waals surface area contributed by atoms with Crippen molar-refractivity contribution in [1.82, 2.24) is 9.88 Å². The molecule has 0 radical (unpaired) electrons. The predicted octanol–water partition coefficient (Wildman–Crippen LogP) is 3.48. The Morgan fingerprint density at radius 2 is 1.79 bits per heavy atom. The van der Waals surface area contributed by atoms with Gasteiger partial charge in [0.05, 0.1) is 7.11 Å². The van der Waals surface area contributed by atoms with Gasteiger partial charge in [-0.25, -0.2) is 4.39 Å². The number of anilines is 1. The first-order valence-corrected chi connectivity index (χ1v) is 9.48. The Bertz CT molecular complexity index is 1080. The van der Waals surface area contributed by atoms with Crippen LogP contribution in [0, 0.1) is 5.82 Å². The van der Waals surface area contributed by atoms with Gasteiger partial charge in [-0.05, 0) is 43.3 Å². The van der Waals surface area contributed by atoms with Crippen LogP contribution in [0.25, 0.3) is 10.9 Å². The van der Waals surface area contributed by atoms with Crippen LogP contribution in [0.15, 0.2) is 42.5 Å². The fraction of sp³-hybridized carbons (Fsp3) is 0.273. The average molecular weight is 395 g/mol. The first-order chi connectivity index (χ1) is 14.0. The fourth-order valence-electron chi connectivity index (χ4n) is 3.66. The fourth-order valence-corrected chi connectivity index (χ4v) is 3.66. The minimum atomic E-state index is -0.397. The Balaban J connectivity index is 1.45. The summed E-state index contributed by atoms with van der Waals surface area (Å²) in [5.74, 6) is -0.265. The van der Waals surface area contributed by atoms with Crippen LogP contribution in [-0.2, 0) is 0 Å². The average Bonchev–Trinajstić information content (AvgIpc) is 3.16. The third-order valence-electron chi connectivity index (χ3n) is 5.33. The number of nitrogens with one attached hydrogen (secondary N) is 1. The quantitative estimate of drug-likeness (QED) is 0.687. The molecule has 1 N–H and O–H groups in total. The number of ketones is 1. The summed E-state index contributed by atoms with van der Waals surface area (Å²) in [5.41, 5.74) is 2.73. The Morgan fingerprint density at radius 3 is 2.45 bits per heavy atom. The number of fused-ring (bicyclic) bond motifs is 1. The summed E-state index contributed by atoms with van der Waals surface area (Å²) in [4.78, 5) is 31.4. The van der Waals surface area contributed by atoms with Crippen molar-refractivity contribution in [3.8, 4) is 5.75 Å². The number of piperazine rings is 1. The van der Waals surface area contributed by atoms with Crippen LogP contribution < -0.4 is 9.64 Å². The van der Waals surface area contributed by atoms with Gasteiger partial charge in [-0.2, -0.15) is 0 Å². The molecule has 2 aromatic carbocycles. The highest BCUT2D eigenvalue weighted by atomic mass is 19.1. The van der Waals surface area contributed by atoms with Gasteiger partial charge >= 0.3 is 0 Å². The second-order valence-corrected chi connectivity index (χ2v) is 7.14. The molecule has 0 spiro atoms. The second kappa shape index (κ2) is 7.58. The molecule has 1 saturated heterocycles. The standard InChI is InChI=1S/C22H22FN3O3/c1-14(27)15-3-5-19-16(11-15)12-20(24-19)22(28)26-9-7-25(8-10-26)17-4-6-21(29-2)18(23)13-17/h3-6,11-13,24H,7-10H2,1-2H3. The van der Waals surface area contributed by atoms with Crippen LogP contribution in [0.4, 0.5) is 10.1 Å². The number of ether oxygens (including phenoxy) is 1. The van der Waals surface area contributed by atoms with Crippen molar-refractivity contribution in [3.05, 3.63) is 59.5 Å². The van der Waals surface area contributed by atoms with E-state index >= 15 is 0 Å². The zero-order valence-corrected chi connectivity index (χ0v) is 16.4. The number of aromatic nitrogens is 1. The van der Waals surface area contributed by atoms with Crippen LogP contribution in [0.3, 0.4) is 0 Å². The highest BCUT2D eigenvalue weighted by Crippen LogP contribution is 2.25. The molecule has 0 saturated carbocycles. The topological polar surface area (TPSA) is 65.6 Å². The van der Waals surface area contributed by atoms with Gasteiger partial charge in [-0.3, -0.25) is 9.59 Å². The second-order valence-electron chi connectivity index (χ2n) is 7.14. The molecule has 1 aliphatic heterocycles. The van der Waals surface area contributed by atoms with Gasteiger partial charge < -0.3 is 19.5 Å². The molecule has 4 rings (SSSR count). The minimum absolute atomic E-state index is 0.00735. The molecule has 3 aromatic rings. The van der Waals surface area contributed by atoms with Gasteiger partial charge in [0, 0.05) is 54.4 Å². The van der Waals surface area contributed by atoms with E-state index in [2.05, 4.69) is 9.88 Å². The number of benzene rings is 2. The van der Waals surface area contributed by atoms with Crippen LogP contribution in [0.1, 0.15) is 27.8 Å². The van der Waals surface area contributed by atoms with Crippen molar-refractivity contribution >= 4 is 28.3 Å². The number of rotatable bonds is 4. The number of H-pyrrole nitrogens is 1. The minimum Gasteiger partial charge on any atom is -0.494 e. The largest absolute Gasteiger partial charge is 0.494 e. The van der Waals surface area contributed by atoms with Crippen LogP contribution in [0.2, 0.25) is 0 Å². The molecule has 29 heavy (non-hydrogen) atoms. The van der Waals surface area contributed by atoms with Crippen molar-refractivity contribution in [1.29, 1.82) is 0 Å². The maximum Gasteiger partial charge on any atom is 0.270 e. The summed E-state index contributed by atoms with van der Waals surface area (Å²) in [7, 11) is 1.44. The Hall–Kier alpha value is -3.35. The monoisotopic (exact) mass is 395 g/mol. The van der Waals surface area contributed by atoms with E-state index in [0.717, 1.165) is 16.6 Å². The van der Waals surface area contributed by atoms with E-state index in [9.17, 15) is 14.0 Å². The van der Waals surface area contributed by atoms with E-state index < -0.39 is 5.82 Å². The predicted molar refractivity (Wildman–Crippen MR) is 109 cm³/mol. The van der Waals surface area contributed by atoms with Crippen molar-refractivity contribution < 1.29 is 18.7 Å². The van der Waals surface area contributed by atoms with Crippen molar-refractivity contribution in [2.45, 2.75) is 6.92 Å². The number of carbonyl (C=O) groups is 2. The molecule has 1 aliphatic rings. The Kier molecular flexibility index (Phi) is 4.96. The summed E-state index contributed by atoms with van der Waals surface area (Å²) in [6, 6.07) is 12.0. The molecule has 1 amide bonds. The molecule has 1 fully saturated rings. The summed E-state index contributed by atoms with van der Waals surface area (Å²) >= 11 is 0. The molecule has 150 valence electrons. The van der Waals surface area contributed by atoms with E-state index in [4.69, 9.17) is 4.74 Å². The number of halogens is 1. The first kappa shape index (κ1) is 19.0. The van der Waals surface area contributed by atoms with Crippen LogP contribution in [-0.4, -0.2) is 54.9 Å². The van der Waals surface area contributed by atoms with E-state index in [0.29, 0.717) is 37.4 Å². The van der Waals surface area contributed by atoms with Crippen LogP contribution >= 0.6 is 0 Å². The molecule has 1 aromatic heterocycles. The molecule has 0 bridgehead atoms. The van der Waals surface area contributed by atoms with Gasteiger partial charge in [0.2, 0.25) is 0 Å². The van der Waals surface area contributed by atoms with Crippen molar-refractivity contribution in [2.75, 3.05) is 38.2 Å². The lowest BCUT2D eigenvalue weighted by molar-refractivity contribution is 0.0741. The summed E-state index contributed by atoms with van der Waals surface area (Å²) in [6.07, 6.45) is 0. The number of Topliss-reactive ketones (excluding diaryl/α,β-unsaturated/α-hetero) is 1. The maximum atomic E-state index is 14.0. The van der Waals surface area contributed by atoms with E-state index in [1.165, 1.54) is 20.1 Å². The molecule has 7 heteroatoms. The number of aromatic amines is 1. The number of nitrogens with zero attached hydrogens (tertiary/aromatic N) is 2. The van der Waals surface area contributed by atoms with Crippen molar-refractivity contribution in [2.24, 2.45) is 0 Å². The van der Waals surface area contributed by atoms with E-state index in [-0.39, 0.29) is 17.4 Å². The number of hydrogen-bond donors (Lipinski definition) is 1. The summed E-state index contributed by atoms with van der Waals surface area (Å²) in [5, 5.41) is 0.841. The molecule has 2 heterocycles. The lowest BCUT2D eigenvalue weighted by Gasteiger charge is -2.36. The zero-order chi connectivity index (χ0) is 20.5. The highest BCUT2D eigenvalue weighted by molar-refractivity contribution is 6.01. The molecule has 0 aliphatic carbocycles. The highest BCUT2D eigenvalue weighted by Gasteiger charge is 2.24. The lowest BCUT2D eigenvalue weighted by Crippen LogP contribution is -2.48. The van der Waals surface area contributed by atoms with Crippen LogP contribution in [0.5, 0.6) is 5.75 Å². The third-order valence-corrected chi connectivity index (χ3v) is 5.33. The number of amides is 1. The first-order valence-electron chi connectivity index (χ1n) is 9.48. The number of carbonyl (C=O) groups excluding carboxylic acids is 2. The smallest absolute Gasteiger partial charge is 0.270 e. The molecular formula is C22H22FN3O3. The zero-order valence-electron chi connectivity index (χ0n) is 16.4. The molecule has 6 nitrogen and oxygen atoms in total. The molecule has 0 unspecified atom stereocenters. The van der Waals surface area contributed by atoms with Gasteiger partial charge in [0.25, 0.3) is 5.91 Å². The van der Waals surface area contributed by atoms with Gasteiger partial charge in [0.15, 0.2) is 17.3 Å². The summed E-state index contributed by atoms with van der Waals surface area (Å²) < 4.78 is 18.9. The Labute approximate surface area is 167 Å². The third kappa shape index (κ3) is 3.68. The normalized spacial score (nSPS) is 14.3. The maximum absolute atomic E-state index is 14.0. The lowest BCUT2D eigenvalue weighted by atomic mass is 10.1. The van der Waals surface area contributed by atoms with Gasteiger partial charge in [-0.1, -0.05) is 0 Å². The molecule has 0 atom stereocenters. The van der Waals surface area contributed by atoms with E-state index in [1.54, 1.807) is 29.2 Å². The van der Waals surface area contributed by atoms with Crippen molar-refractivity contribution in [3.63, 3.8) is 0 Å².